The Bertz CT molecular complexity index is 671. The standard InChI is InChI=1S/C18H26N4O2/c1-13-5-6-14(2)16(11-13)23-9-4-7-22-8-10-24-17(12-22)18-19-15(3)20-21-18/h5-6,11,17H,4,7-10,12H2,1-3H3,(H,19,20,21)/t17-/m1/s1. The Hall–Kier alpha value is -1.92. The van der Waals surface area contributed by atoms with Gasteiger partial charge in [0.1, 0.15) is 17.7 Å². The Morgan fingerprint density at radius 1 is 1.33 bits per heavy atom. The van der Waals surface area contributed by atoms with Crippen LogP contribution in [0.2, 0.25) is 0 Å². The Morgan fingerprint density at radius 2 is 2.21 bits per heavy atom. The van der Waals surface area contributed by atoms with Crippen LogP contribution in [0.5, 0.6) is 5.75 Å². The van der Waals surface area contributed by atoms with E-state index in [0.29, 0.717) is 0 Å². The molecular weight excluding hydrogens is 304 g/mol. The number of hydrogen-bond donors (Lipinski definition) is 1. The molecule has 1 aliphatic rings. The maximum atomic E-state index is 5.94. The van der Waals surface area contributed by atoms with E-state index in [0.717, 1.165) is 56.7 Å². The summed E-state index contributed by atoms with van der Waals surface area (Å²) in [7, 11) is 0. The van der Waals surface area contributed by atoms with Gasteiger partial charge in [0.2, 0.25) is 0 Å². The first-order valence-corrected chi connectivity index (χ1v) is 8.55. The zero-order chi connectivity index (χ0) is 16.9. The summed E-state index contributed by atoms with van der Waals surface area (Å²) in [5, 5.41) is 7.10. The molecule has 0 saturated carbocycles. The van der Waals surface area contributed by atoms with Crippen molar-refractivity contribution in [3.05, 3.63) is 41.0 Å². The number of hydrogen-bond acceptors (Lipinski definition) is 5. The summed E-state index contributed by atoms with van der Waals surface area (Å²) in [5.41, 5.74) is 2.42. The zero-order valence-electron chi connectivity index (χ0n) is 14.7. The molecule has 0 spiro atoms. The van der Waals surface area contributed by atoms with Crippen LogP contribution in [-0.2, 0) is 4.74 Å². The van der Waals surface area contributed by atoms with Gasteiger partial charge in [-0.3, -0.25) is 10.00 Å². The summed E-state index contributed by atoms with van der Waals surface area (Å²) in [4.78, 5) is 6.77. The molecule has 1 aromatic carbocycles. The first kappa shape index (κ1) is 16.9. The molecule has 2 aromatic rings. The van der Waals surface area contributed by atoms with Crippen molar-refractivity contribution < 1.29 is 9.47 Å². The average Bonchev–Trinajstić information content (AvgIpc) is 3.01. The molecule has 24 heavy (non-hydrogen) atoms. The number of aromatic amines is 1. The van der Waals surface area contributed by atoms with Gasteiger partial charge in [0.25, 0.3) is 0 Å². The maximum absolute atomic E-state index is 5.94. The van der Waals surface area contributed by atoms with Gasteiger partial charge in [-0.2, -0.15) is 5.10 Å². The second-order valence-electron chi connectivity index (χ2n) is 6.41. The molecule has 1 fully saturated rings. The van der Waals surface area contributed by atoms with Gasteiger partial charge < -0.3 is 9.47 Å². The quantitative estimate of drug-likeness (QED) is 0.825. The van der Waals surface area contributed by atoms with Crippen LogP contribution in [0.1, 0.15) is 35.3 Å². The Morgan fingerprint density at radius 3 is 3.00 bits per heavy atom. The van der Waals surface area contributed by atoms with Gasteiger partial charge >= 0.3 is 0 Å². The van der Waals surface area contributed by atoms with Gasteiger partial charge in [0.05, 0.1) is 13.2 Å². The van der Waals surface area contributed by atoms with Gasteiger partial charge in [0.15, 0.2) is 5.82 Å². The average molecular weight is 330 g/mol. The fourth-order valence-electron chi connectivity index (χ4n) is 2.90. The van der Waals surface area contributed by atoms with Crippen molar-refractivity contribution in [1.29, 1.82) is 0 Å². The molecule has 0 radical (unpaired) electrons. The first-order chi connectivity index (χ1) is 11.6. The van der Waals surface area contributed by atoms with E-state index in [9.17, 15) is 0 Å². The highest BCUT2D eigenvalue weighted by Crippen LogP contribution is 2.20. The number of aromatic nitrogens is 3. The largest absolute Gasteiger partial charge is 0.493 e. The Labute approximate surface area is 143 Å². The summed E-state index contributed by atoms with van der Waals surface area (Å²) in [6, 6.07) is 6.32. The molecule has 0 unspecified atom stereocenters. The van der Waals surface area contributed by atoms with Crippen molar-refractivity contribution in [2.75, 3.05) is 32.8 Å². The van der Waals surface area contributed by atoms with Crippen LogP contribution >= 0.6 is 0 Å². The fraction of sp³-hybridized carbons (Fsp3) is 0.556. The SMILES string of the molecule is Cc1ccc(C)c(OCCCN2CCO[C@@H](c3n[nH]c(C)n3)C2)c1. The lowest BCUT2D eigenvalue weighted by atomic mass is 10.1. The van der Waals surface area contributed by atoms with Gasteiger partial charge in [-0.15, -0.1) is 0 Å². The third-order valence-corrected chi connectivity index (χ3v) is 4.27. The summed E-state index contributed by atoms with van der Waals surface area (Å²) in [6.45, 7) is 10.3. The van der Waals surface area contributed by atoms with Crippen LogP contribution in [-0.4, -0.2) is 52.9 Å². The van der Waals surface area contributed by atoms with Crippen molar-refractivity contribution in [2.45, 2.75) is 33.3 Å². The van der Waals surface area contributed by atoms with E-state index in [2.05, 4.69) is 52.1 Å². The monoisotopic (exact) mass is 330 g/mol. The first-order valence-electron chi connectivity index (χ1n) is 8.55. The minimum absolute atomic E-state index is 0.0383. The maximum Gasteiger partial charge on any atom is 0.180 e. The van der Waals surface area contributed by atoms with Crippen LogP contribution in [0.25, 0.3) is 0 Å². The minimum atomic E-state index is -0.0383. The van der Waals surface area contributed by atoms with Gasteiger partial charge in [-0.1, -0.05) is 12.1 Å². The second-order valence-corrected chi connectivity index (χ2v) is 6.41. The molecule has 2 heterocycles. The molecule has 1 atom stereocenters. The summed E-state index contributed by atoms with van der Waals surface area (Å²) >= 11 is 0. The van der Waals surface area contributed by atoms with Crippen LogP contribution in [0.4, 0.5) is 0 Å². The summed E-state index contributed by atoms with van der Waals surface area (Å²) in [5.74, 6) is 2.57. The van der Waals surface area contributed by atoms with Crippen molar-refractivity contribution in [2.24, 2.45) is 0 Å². The number of rotatable bonds is 6. The number of morpholine rings is 1. The molecule has 1 aliphatic heterocycles. The highest BCUT2D eigenvalue weighted by Gasteiger charge is 2.24. The van der Waals surface area contributed by atoms with Crippen LogP contribution in [0.3, 0.4) is 0 Å². The van der Waals surface area contributed by atoms with Crippen LogP contribution in [0, 0.1) is 20.8 Å². The van der Waals surface area contributed by atoms with Crippen LogP contribution in [0.15, 0.2) is 18.2 Å². The van der Waals surface area contributed by atoms with Crippen molar-refractivity contribution in [3.8, 4) is 5.75 Å². The van der Waals surface area contributed by atoms with E-state index >= 15 is 0 Å². The number of nitrogens with zero attached hydrogens (tertiary/aromatic N) is 3. The molecule has 1 saturated heterocycles. The Balaban J connectivity index is 1.44. The number of benzene rings is 1. The third kappa shape index (κ3) is 4.33. The molecule has 6 nitrogen and oxygen atoms in total. The Kier molecular flexibility index (Phi) is 5.48. The van der Waals surface area contributed by atoms with E-state index in [1.54, 1.807) is 0 Å². The molecule has 130 valence electrons. The summed E-state index contributed by atoms with van der Waals surface area (Å²) in [6.07, 6.45) is 0.955. The molecule has 3 rings (SSSR count). The second kappa shape index (κ2) is 7.77. The normalized spacial score (nSPS) is 18.7. The third-order valence-electron chi connectivity index (χ3n) is 4.27. The van der Waals surface area contributed by atoms with E-state index in [1.807, 2.05) is 6.92 Å². The zero-order valence-corrected chi connectivity index (χ0v) is 14.7. The molecule has 1 N–H and O–H groups in total. The highest BCUT2D eigenvalue weighted by atomic mass is 16.5. The van der Waals surface area contributed by atoms with Crippen molar-refractivity contribution in [1.82, 2.24) is 20.1 Å². The topological polar surface area (TPSA) is 63.3 Å². The molecule has 0 aliphatic carbocycles. The minimum Gasteiger partial charge on any atom is -0.493 e. The van der Waals surface area contributed by atoms with E-state index in [-0.39, 0.29) is 6.10 Å². The number of aryl methyl sites for hydroxylation is 3. The van der Waals surface area contributed by atoms with E-state index in [4.69, 9.17) is 9.47 Å². The highest BCUT2D eigenvalue weighted by molar-refractivity contribution is 5.35. The van der Waals surface area contributed by atoms with Crippen molar-refractivity contribution >= 4 is 0 Å². The molecular formula is C18H26N4O2. The van der Waals surface area contributed by atoms with Gasteiger partial charge in [-0.25, -0.2) is 4.98 Å². The number of ether oxygens (including phenoxy) is 2. The predicted octanol–water partition coefficient (Wildman–Crippen LogP) is 2.57. The number of nitrogens with one attached hydrogen (secondary N) is 1. The number of H-pyrrole nitrogens is 1. The lowest BCUT2D eigenvalue weighted by Gasteiger charge is -2.31. The smallest absolute Gasteiger partial charge is 0.180 e. The van der Waals surface area contributed by atoms with Gasteiger partial charge in [-0.05, 0) is 44.4 Å². The molecule has 0 bridgehead atoms. The molecule has 6 heteroatoms. The lowest BCUT2D eigenvalue weighted by Crippen LogP contribution is -2.39. The van der Waals surface area contributed by atoms with Gasteiger partial charge in [0, 0.05) is 19.6 Å². The van der Waals surface area contributed by atoms with Crippen molar-refractivity contribution in [3.63, 3.8) is 0 Å². The lowest BCUT2D eigenvalue weighted by molar-refractivity contribution is -0.0351. The molecule has 0 amide bonds. The van der Waals surface area contributed by atoms with Crippen LogP contribution < -0.4 is 4.74 Å². The predicted molar refractivity (Wildman–Crippen MR) is 92.3 cm³/mol. The van der Waals surface area contributed by atoms with E-state index in [1.165, 1.54) is 11.1 Å². The fourth-order valence-corrected chi connectivity index (χ4v) is 2.90. The summed E-state index contributed by atoms with van der Waals surface area (Å²) < 4.78 is 11.7. The van der Waals surface area contributed by atoms with E-state index < -0.39 is 0 Å². The molecule has 1 aromatic heterocycles.